The fourth-order valence-corrected chi connectivity index (χ4v) is 2.68. The van der Waals surface area contributed by atoms with Crippen LogP contribution in [0.1, 0.15) is 45.1 Å². The monoisotopic (exact) mass is 288 g/mol. The van der Waals surface area contributed by atoms with Crippen molar-refractivity contribution in [2.24, 2.45) is 5.92 Å². The van der Waals surface area contributed by atoms with Gasteiger partial charge in [0, 0.05) is 30.8 Å². The smallest absolute Gasteiger partial charge is 0.226 e. The summed E-state index contributed by atoms with van der Waals surface area (Å²) in [6, 6.07) is 5.75. The van der Waals surface area contributed by atoms with Crippen LogP contribution in [0.4, 0.5) is 11.4 Å². The highest BCUT2D eigenvalue weighted by atomic mass is 16.2. The van der Waals surface area contributed by atoms with Gasteiger partial charge in [0.1, 0.15) is 0 Å². The van der Waals surface area contributed by atoms with Crippen LogP contribution in [0, 0.1) is 12.8 Å². The van der Waals surface area contributed by atoms with Gasteiger partial charge >= 0.3 is 0 Å². The van der Waals surface area contributed by atoms with Gasteiger partial charge in [-0.25, -0.2) is 0 Å². The van der Waals surface area contributed by atoms with Gasteiger partial charge in [0.15, 0.2) is 0 Å². The number of nitrogens with one attached hydrogen (secondary N) is 1. The second-order valence-electron chi connectivity index (χ2n) is 6.15. The van der Waals surface area contributed by atoms with Crippen LogP contribution in [0.25, 0.3) is 0 Å². The van der Waals surface area contributed by atoms with Gasteiger partial charge in [0.05, 0.1) is 0 Å². The van der Waals surface area contributed by atoms with Crippen LogP contribution in [-0.4, -0.2) is 18.4 Å². The maximum absolute atomic E-state index is 12.0. The number of amides is 2. The lowest BCUT2D eigenvalue weighted by atomic mass is 10.1. The minimum absolute atomic E-state index is 0.0335. The highest BCUT2D eigenvalue weighted by Crippen LogP contribution is 2.27. The molecule has 2 rings (SSSR count). The van der Waals surface area contributed by atoms with Gasteiger partial charge in [-0.2, -0.15) is 0 Å². The summed E-state index contributed by atoms with van der Waals surface area (Å²) in [4.78, 5) is 25.6. The molecule has 1 saturated heterocycles. The highest BCUT2D eigenvalue weighted by molar-refractivity contribution is 5.96. The molecular weight excluding hydrogens is 264 g/mol. The zero-order chi connectivity index (χ0) is 15.4. The van der Waals surface area contributed by atoms with Gasteiger partial charge in [-0.3, -0.25) is 9.59 Å². The first-order chi connectivity index (χ1) is 9.97. The summed E-state index contributed by atoms with van der Waals surface area (Å²) in [7, 11) is 0. The summed E-state index contributed by atoms with van der Waals surface area (Å²) in [6.07, 6.45) is 3.19. The molecule has 0 aliphatic carbocycles. The lowest BCUT2D eigenvalue weighted by molar-refractivity contribution is -0.119. The van der Waals surface area contributed by atoms with E-state index in [1.54, 1.807) is 0 Å². The molecule has 4 nitrogen and oxygen atoms in total. The van der Waals surface area contributed by atoms with Crippen LogP contribution >= 0.6 is 0 Å². The number of rotatable bonds is 4. The average molecular weight is 288 g/mol. The van der Waals surface area contributed by atoms with Crippen molar-refractivity contribution in [3.8, 4) is 0 Å². The van der Waals surface area contributed by atoms with Crippen molar-refractivity contribution in [1.82, 2.24) is 0 Å². The van der Waals surface area contributed by atoms with Crippen molar-refractivity contribution in [1.29, 1.82) is 0 Å². The minimum Gasteiger partial charge on any atom is -0.326 e. The second-order valence-corrected chi connectivity index (χ2v) is 6.15. The van der Waals surface area contributed by atoms with E-state index in [0.29, 0.717) is 18.8 Å². The Hall–Kier alpha value is -1.84. The molecule has 1 aliphatic heterocycles. The minimum atomic E-state index is 0.0335. The maximum atomic E-state index is 12.0. The first-order valence-electron chi connectivity index (χ1n) is 7.68. The van der Waals surface area contributed by atoms with Crippen molar-refractivity contribution in [3.63, 3.8) is 0 Å². The van der Waals surface area contributed by atoms with E-state index >= 15 is 0 Å². The second kappa shape index (κ2) is 6.74. The molecule has 0 unspecified atom stereocenters. The van der Waals surface area contributed by atoms with E-state index in [2.05, 4.69) is 5.32 Å². The molecule has 1 N–H and O–H groups in total. The zero-order valence-corrected chi connectivity index (χ0v) is 13.1. The number of carbonyl (C=O) groups is 2. The molecule has 1 fully saturated rings. The number of hydrogen-bond donors (Lipinski definition) is 1. The highest BCUT2D eigenvalue weighted by Gasteiger charge is 2.21. The Morgan fingerprint density at radius 2 is 2.10 bits per heavy atom. The molecule has 0 bridgehead atoms. The standard InChI is InChI=1S/C17H24N2O2/c1-12(2)10-16(20)18-14-7-8-15(13(3)11-14)19-9-5-4-6-17(19)21/h7-8,11-12H,4-6,9-10H2,1-3H3,(H,18,20). The molecular formula is C17H24N2O2. The van der Waals surface area contributed by atoms with Crippen LogP contribution in [0.3, 0.4) is 0 Å². The molecule has 4 heteroatoms. The van der Waals surface area contributed by atoms with Gasteiger partial charge in [0.2, 0.25) is 11.8 Å². The lowest BCUT2D eigenvalue weighted by Crippen LogP contribution is -2.35. The molecule has 0 aromatic heterocycles. The van der Waals surface area contributed by atoms with Crippen molar-refractivity contribution in [3.05, 3.63) is 23.8 Å². The molecule has 21 heavy (non-hydrogen) atoms. The summed E-state index contributed by atoms with van der Waals surface area (Å²) in [5, 5.41) is 2.91. The van der Waals surface area contributed by atoms with Crippen molar-refractivity contribution >= 4 is 23.2 Å². The fraction of sp³-hybridized carbons (Fsp3) is 0.529. The summed E-state index contributed by atoms with van der Waals surface area (Å²) < 4.78 is 0. The van der Waals surface area contributed by atoms with Gasteiger partial charge < -0.3 is 10.2 Å². The Bertz CT molecular complexity index is 538. The third kappa shape index (κ3) is 4.06. The predicted molar refractivity (Wildman–Crippen MR) is 85.5 cm³/mol. The number of anilines is 2. The van der Waals surface area contributed by atoms with Gasteiger partial charge in [-0.05, 0) is 49.4 Å². The molecule has 1 aromatic rings. The number of nitrogens with zero attached hydrogens (tertiary/aromatic N) is 1. The van der Waals surface area contributed by atoms with E-state index in [1.807, 2.05) is 43.9 Å². The normalized spacial score (nSPS) is 15.4. The average Bonchev–Trinajstić information content (AvgIpc) is 2.39. The van der Waals surface area contributed by atoms with Crippen LogP contribution in [0.15, 0.2) is 18.2 Å². The maximum Gasteiger partial charge on any atom is 0.226 e. The van der Waals surface area contributed by atoms with Crippen LogP contribution in [0.5, 0.6) is 0 Å². The Labute approximate surface area is 126 Å². The van der Waals surface area contributed by atoms with E-state index in [0.717, 1.165) is 36.3 Å². The fourth-order valence-electron chi connectivity index (χ4n) is 2.68. The Kier molecular flexibility index (Phi) is 4.99. The first-order valence-corrected chi connectivity index (χ1v) is 7.68. The summed E-state index contributed by atoms with van der Waals surface area (Å²) in [5.74, 6) is 0.573. The first kappa shape index (κ1) is 15.5. The zero-order valence-electron chi connectivity index (χ0n) is 13.1. The lowest BCUT2D eigenvalue weighted by Gasteiger charge is -2.28. The Morgan fingerprint density at radius 3 is 2.71 bits per heavy atom. The number of hydrogen-bond acceptors (Lipinski definition) is 2. The quantitative estimate of drug-likeness (QED) is 0.922. The Balaban J connectivity index is 2.10. The molecule has 0 saturated carbocycles. The van der Waals surface area contributed by atoms with Gasteiger partial charge in [-0.1, -0.05) is 13.8 Å². The van der Waals surface area contributed by atoms with E-state index in [9.17, 15) is 9.59 Å². The predicted octanol–water partition coefficient (Wildman–Crippen LogP) is 3.50. The van der Waals surface area contributed by atoms with Gasteiger partial charge in [-0.15, -0.1) is 0 Å². The molecule has 0 atom stereocenters. The molecule has 114 valence electrons. The van der Waals surface area contributed by atoms with Gasteiger partial charge in [0.25, 0.3) is 0 Å². The molecule has 2 amide bonds. The van der Waals surface area contributed by atoms with Crippen LogP contribution in [0.2, 0.25) is 0 Å². The number of aryl methyl sites for hydroxylation is 1. The Morgan fingerprint density at radius 1 is 1.33 bits per heavy atom. The van der Waals surface area contributed by atoms with E-state index in [-0.39, 0.29) is 11.8 Å². The molecule has 0 radical (unpaired) electrons. The van der Waals surface area contributed by atoms with E-state index < -0.39 is 0 Å². The number of piperidine rings is 1. The van der Waals surface area contributed by atoms with Crippen molar-refractivity contribution < 1.29 is 9.59 Å². The molecule has 1 aromatic carbocycles. The SMILES string of the molecule is Cc1cc(NC(=O)CC(C)C)ccc1N1CCCCC1=O. The van der Waals surface area contributed by atoms with Crippen LogP contribution < -0.4 is 10.2 Å². The van der Waals surface area contributed by atoms with Crippen LogP contribution in [-0.2, 0) is 9.59 Å². The third-order valence-corrected chi connectivity index (χ3v) is 3.69. The molecule has 0 spiro atoms. The topological polar surface area (TPSA) is 49.4 Å². The number of carbonyl (C=O) groups excluding carboxylic acids is 2. The van der Waals surface area contributed by atoms with Crippen molar-refractivity contribution in [2.75, 3.05) is 16.8 Å². The summed E-state index contributed by atoms with van der Waals surface area (Å²) in [5.41, 5.74) is 2.78. The largest absolute Gasteiger partial charge is 0.326 e. The summed E-state index contributed by atoms with van der Waals surface area (Å²) >= 11 is 0. The summed E-state index contributed by atoms with van der Waals surface area (Å²) in [6.45, 7) is 6.82. The molecule has 1 heterocycles. The third-order valence-electron chi connectivity index (χ3n) is 3.69. The number of benzene rings is 1. The molecule has 1 aliphatic rings. The van der Waals surface area contributed by atoms with E-state index in [1.165, 1.54) is 0 Å². The van der Waals surface area contributed by atoms with Crippen molar-refractivity contribution in [2.45, 2.75) is 46.5 Å². The van der Waals surface area contributed by atoms with E-state index in [4.69, 9.17) is 0 Å².